The van der Waals surface area contributed by atoms with E-state index in [1.165, 1.54) is 12.0 Å². The summed E-state index contributed by atoms with van der Waals surface area (Å²) in [6.07, 6.45) is 1.22. The summed E-state index contributed by atoms with van der Waals surface area (Å²) in [5, 5.41) is 7.65. The maximum absolute atomic E-state index is 5.90. The predicted octanol–water partition coefficient (Wildman–Crippen LogP) is 2.21. The first-order valence-corrected chi connectivity index (χ1v) is 5.41. The first kappa shape index (κ1) is 12.8. The SMILES string of the molecule is Cl.Clc1cccc(CN[C@H]2CCNC2)c1. The van der Waals surface area contributed by atoms with Gasteiger partial charge >= 0.3 is 0 Å². The lowest BCUT2D eigenvalue weighted by molar-refractivity contribution is 0.547. The van der Waals surface area contributed by atoms with Gasteiger partial charge in [0.1, 0.15) is 0 Å². The van der Waals surface area contributed by atoms with Crippen molar-refractivity contribution in [1.29, 1.82) is 0 Å². The Balaban J connectivity index is 0.00000112. The molecule has 84 valence electrons. The molecule has 0 amide bonds. The molecule has 0 aliphatic carbocycles. The van der Waals surface area contributed by atoms with Crippen LogP contribution in [0.5, 0.6) is 0 Å². The van der Waals surface area contributed by atoms with Crippen LogP contribution in [-0.4, -0.2) is 19.1 Å². The van der Waals surface area contributed by atoms with E-state index >= 15 is 0 Å². The first-order chi connectivity index (χ1) is 6.84. The second-order valence-corrected chi connectivity index (χ2v) is 4.14. The smallest absolute Gasteiger partial charge is 0.0409 e. The van der Waals surface area contributed by atoms with Crippen molar-refractivity contribution in [3.63, 3.8) is 0 Å². The van der Waals surface area contributed by atoms with Gasteiger partial charge < -0.3 is 10.6 Å². The van der Waals surface area contributed by atoms with Gasteiger partial charge in [-0.25, -0.2) is 0 Å². The van der Waals surface area contributed by atoms with E-state index in [1.54, 1.807) is 0 Å². The van der Waals surface area contributed by atoms with Crippen LogP contribution in [-0.2, 0) is 6.54 Å². The molecule has 0 aromatic heterocycles. The highest BCUT2D eigenvalue weighted by molar-refractivity contribution is 6.30. The topological polar surface area (TPSA) is 24.1 Å². The van der Waals surface area contributed by atoms with E-state index < -0.39 is 0 Å². The molecule has 15 heavy (non-hydrogen) atoms. The van der Waals surface area contributed by atoms with Crippen LogP contribution in [0.3, 0.4) is 0 Å². The molecular formula is C11H16Cl2N2. The number of hydrogen-bond acceptors (Lipinski definition) is 2. The maximum atomic E-state index is 5.90. The van der Waals surface area contributed by atoms with Crippen molar-refractivity contribution in [2.75, 3.05) is 13.1 Å². The van der Waals surface area contributed by atoms with E-state index in [-0.39, 0.29) is 12.4 Å². The van der Waals surface area contributed by atoms with Crippen LogP contribution >= 0.6 is 24.0 Å². The van der Waals surface area contributed by atoms with Crippen molar-refractivity contribution >= 4 is 24.0 Å². The minimum Gasteiger partial charge on any atom is -0.315 e. The second-order valence-electron chi connectivity index (χ2n) is 3.70. The van der Waals surface area contributed by atoms with Gasteiger partial charge in [0.25, 0.3) is 0 Å². The number of nitrogens with one attached hydrogen (secondary N) is 2. The largest absolute Gasteiger partial charge is 0.315 e. The second kappa shape index (κ2) is 6.33. The van der Waals surface area contributed by atoms with Crippen LogP contribution in [0.1, 0.15) is 12.0 Å². The van der Waals surface area contributed by atoms with E-state index in [1.807, 2.05) is 18.2 Å². The van der Waals surface area contributed by atoms with Crippen molar-refractivity contribution in [3.8, 4) is 0 Å². The first-order valence-electron chi connectivity index (χ1n) is 5.03. The van der Waals surface area contributed by atoms with Crippen molar-refractivity contribution in [2.24, 2.45) is 0 Å². The molecule has 2 nitrogen and oxygen atoms in total. The summed E-state index contributed by atoms with van der Waals surface area (Å²) in [5.74, 6) is 0. The van der Waals surface area contributed by atoms with E-state index in [0.29, 0.717) is 6.04 Å². The standard InChI is InChI=1S/C11H15ClN2.ClH/c12-10-3-1-2-9(6-10)7-14-11-4-5-13-8-11;/h1-3,6,11,13-14H,4-5,7-8H2;1H/t11-;/m0./s1. The molecule has 1 aromatic rings. The van der Waals surface area contributed by atoms with Gasteiger partial charge in [0, 0.05) is 24.2 Å². The minimum atomic E-state index is 0. The summed E-state index contributed by atoms with van der Waals surface area (Å²) in [6, 6.07) is 8.63. The highest BCUT2D eigenvalue weighted by Gasteiger charge is 2.12. The Morgan fingerprint density at radius 2 is 2.33 bits per heavy atom. The lowest BCUT2D eigenvalue weighted by atomic mass is 10.2. The molecule has 0 radical (unpaired) electrons. The van der Waals surface area contributed by atoms with Gasteiger partial charge in [0.05, 0.1) is 0 Å². The maximum Gasteiger partial charge on any atom is 0.0409 e. The predicted molar refractivity (Wildman–Crippen MR) is 66.8 cm³/mol. The van der Waals surface area contributed by atoms with E-state index in [0.717, 1.165) is 24.7 Å². The normalized spacial score (nSPS) is 19.9. The zero-order valence-electron chi connectivity index (χ0n) is 8.50. The fraction of sp³-hybridized carbons (Fsp3) is 0.455. The fourth-order valence-corrected chi connectivity index (χ4v) is 1.95. The van der Waals surface area contributed by atoms with E-state index in [4.69, 9.17) is 11.6 Å². The molecular weight excluding hydrogens is 231 g/mol. The quantitative estimate of drug-likeness (QED) is 0.855. The molecule has 4 heteroatoms. The number of halogens is 2. The summed E-state index contributed by atoms with van der Waals surface area (Å²) in [7, 11) is 0. The third-order valence-corrected chi connectivity index (χ3v) is 2.78. The third kappa shape index (κ3) is 3.99. The number of hydrogen-bond donors (Lipinski definition) is 2. The molecule has 1 aliphatic rings. The average molecular weight is 247 g/mol. The van der Waals surface area contributed by atoms with Gasteiger partial charge in [-0.3, -0.25) is 0 Å². The fourth-order valence-electron chi connectivity index (χ4n) is 1.74. The van der Waals surface area contributed by atoms with Gasteiger partial charge in [-0.2, -0.15) is 0 Å². The molecule has 0 saturated carbocycles. The van der Waals surface area contributed by atoms with Crippen LogP contribution in [0.25, 0.3) is 0 Å². The Hall–Kier alpha value is -0.280. The van der Waals surface area contributed by atoms with E-state index in [9.17, 15) is 0 Å². The summed E-state index contributed by atoms with van der Waals surface area (Å²) >= 11 is 5.90. The van der Waals surface area contributed by atoms with Gasteiger partial charge in [-0.1, -0.05) is 23.7 Å². The van der Waals surface area contributed by atoms with Gasteiger partial charge in [0.15, 0.2) is 0 Å². The Morgan fingerprint density at radius 3 is 3.00 bits per heavy atom. The third-order valence-electron chi connectivity index (χ3n) is 2.54. The van der Waals surface area contributed by atoms with Crippen LogP contribution in [0.15, 0.2) is 24.3 Å². The van der Waals surface area contributed by atoms with E-state index in [2.05, 4.69) is 16.7 Å². The highest BCUT2D eigenvalue weighted by Crippen LogP contribution is 2.10. The van der Waals surface area contributed by atoms with Gasteiger partial charge in [-0.15, -0.1) is 12.4 Å². The lowest BCUT2D eigenvalue weighted by Crippen LogP contribution is -2.30. The molecule has 2 N–H and O–H groups in total. The van der Waals surface area contributed by atoms with Crippen molar-refractivity contribution in [1.82, 2.24) is 10.6 Å². The summed E-state index contributed by atoms with van der Waals surface area (Å²) < 4.78 is 0. The van der Waals surface area contributed by atoms with Crippen LogP contribution in [0, 0.1) is 0 Å². The monoisotopic (exact) mass is 246 g/mol. The molecule has 1 saturated heterocycles. The van der Waals surface area contributed by atoms with Crippen molar-refractivity contribution in [3.05, 3.63) is 34.9 Å². The Bertz CT molecular complexity index is 298. The number of rotatable bonds is 3. The van der Waals surface area contributed by atoms with Gasteiger partial charge in [0.2, 0.25) is 0 Å². The Kier molecular flexibility index (Phi) is 5.40. The molecule has 2 rings (SSSR count). The summed E-state index contributed by atoms with van der Waals surface area (Å²) in [4.78, 5) is 0. The number of benzene rings is 1. The van der Waals surface area contributed by atoms with Gasteiger partial charge in [-0.05, 0) is 30.7 Å². The Labute approximate surface area is 102 Å². The molecule has 0 unspecified atom stereocenters. The molecule has 1 atom stereocenters. The Morgan fingerprint density at radius 1 is 1.47 bits per heavy atom. The molecule has 0 spiro atoms. The highest BCUT2D eigenvalue weighted by atomic mass is 35.5. The lowest BCUT2D eigenvalue weighted by Gasteiger charge is -2.10. The van der Waals surface area contributed by atoms with Crippen molar-refractivity contribution < 1.29 is 0 Å². The molecule has 1 aromatic carbocycles. The summed E-state index contributed by atoms with van der Waals surface area (Å²) in [5.41, 5.74) is 1.25. The van der Waals surface area contributed by atoms with Crippen LogP contribution in [0.2, 0.25) is 5.02 Å². The van der Waals surface area contributed by atoms with Crippen molar-refractivity contribution in [2.45, 2.75) is 19.0 Å². The molecule has 1 aliphatic heterocycles. The average Bonchev–Trinajstić information content (AvgIpc) is 2.67. The molecule has 1 fully saturated rings. The molecule has 1 heterocycles. The minimum absolute atomic E-state index is 0. The summed E-state index contributed by atoms with van der Waals surface area (Å²) in [6.45, 7) is 3.13. The van der Waals surface area contributed by atoms with Crippen LogP contribution < -0.4 is 10.6 Å². The zero-order chi connectivity index (χ0) is 9.80. The van der Waals surface area contributed by atoms with Crippen LogP contribution in [0.4, 0.5) is 0 Å². The zero-order valence-corrected chi connectivity index (χ0v) is 10.1. The molecule has 0 bridgehead atoms.